The van der Waals surface area contributed by atoms with Crippen LogP contribution in [0, 0.1) is 5.82 Å². The zero-order valence-corrected chi connectivity index (χ0v) is 18.4. The van der Waals surface area contributed by atoms with Crippen molar-refractivity contribution in [1.29, 1.82) is 0 Å². The van der Waals surface area contributed by atoms with Crippen molar-refractivity contribution in [2.75, 3.05) is 33.3 Å². The van der Waals surface area contributed by atoms with Crippen LogP contribution in [-0.2, 0) is 10.0 Å². The third-order valence-electron chi connectivity index (χ3n) is 4.73. The average Bonchev–Trinajstić information content (AvgIpc) is 3.25. The molecule has 2 aromatic carbocycles. The maximum atomic E-state index is 12.9. The normalized spacial score (nSPS) is 14.7. The zero-order chi connectivity index (χ0) is 21.0. The molecule has 29 heavy (non-hydrogen) atoms. The maximum Gasteiger partial charge on any atom is 0.254 e. The number of sulfonamides is 1. The van der Waals surface area contributed by atoms with Crippen molar-refractivity contribution in [2.24, 2.45) is 0 Å². The molecule has 1 heterocycles. The van der Waals surface area contributed by atoms with Crippen LogP contribution in [0.3, 0.4) is 0 Å². The SMILES string of the molecule is CN(CCOc1ccc(F)cc1)C(=O)c1cc(S(=O)(=O)N2CCCC2)ccc1Br. The molecular formula is C20H22BrFN2O4S. The fourth-order valence-electron chi connectivity index (χ4n) is 3.04. The summed E-state index contributed by atoms with van der Waals surface area (Å²) in [5.41, 5.74) is 0.273. The number of carbonyl (C=O) groups is 1. The first-order valence-corrected chi connectivity index (χ1v) is 11.5. The first kappa shape index (κ1) is 21.7. The summed E-state index contributed by atoms with van der Waals surface area (Å²) in [5, 5.41) is 0. The Bertz CT molecular complexity index is 976. The summed E-state index contributed by atoms with van der Waals surface area (Å²) in [6, 6.07) is 10.1. The minimum absolute atomic E-state index is 0.113. The molecule has 1 saturated heterocycles. The van der Waals surface area contributed by atoms with Crippen LogP contribution in [-0.4, -0.2) is 56.8 Å². The third kappa shape index (κ3) is 5.15. The van der Waals surface area contributed by atoms with Gasteiger partial charge >= 0.3 is 0 Å². The van der Waals surface area contributed by atoms with E-state index < -0.39 is 10.0 Å². The first-order chi connectivity index (χ1) is 13.8. The van der Waals surface area contributed by atoms with Crippen molar-refractivity contribution in [3.63, 3.8) is 0 Å². The van der Waals surface area contributed by atoms with E-state index in [1.807, 2.05) is 0 Å². The van der Waals surface area contributed by atoms with Gasteiger partial charge in [-0.25, -0.2) is 12.8 Å². The Morgan fingerprint density at radius 2 is 1.83 bits per heavy atom. The Hall–Kier alpha value is -1.97. The lowest BCUT2D eigenvalue weighted by Crippen LogP contribution is -2.32. The summed E-state index contributed by atoms with van der Waals surface area (Å²) in [7, 11) is -1.99. The summed E-state index contributed by atoms with van der Waals surface area (Å²) in [5.74, 6) is -0.163. The molecule has 1 amide bonds. The van der Waals surface area contributed by atoms with E-state index in [4.69, 9.17) is 4.74 Å². The second kappa shape index (κ2) is 9.23. The van der Waals surface area contributed by atoms with Gasteiger partial charge in [-0.05, 0) is 71.2 Å². The van der Waals surface area contributed by atoms with Gasteiger partial charge in [-0.1, -0.05) is 0 Å². The minimum Gasteiger partial charge on any atom is -0.492 e. The molecule has 2 aromatic rings. The molecule has 0 aromatic heterocycles. The van der Waals surface area contributed by atoms with Crippen LogP contribution in [0.15, 0.2) is 51.8 Å². The molecule has 0 radical (unpaired) electrons. The molecule has 0 N–H and O–H groups in total. The van der Waals surface area contributed by atoms with Gasteiger partial charge in [0, 0.05) is 24.6 Å². The predicted molar refractivity (Wildman–Crippen MR) is 111 cm³/mol. The van der Waals surface area contributed by atoms with E-state index in [0.29, 0.717) is 23.3 Å². The standard InChI is InChI=1S/C20H22BrFN2O4S/c1-23(12-13-28-16-6-4-15(22)5-7-16)20(25)18-14-17(8-9-19(18)21)29(26,27)24-10-2-3-11-24/h4-9,14H,2-3,10-13H2,1H3. The zero-order valence-electron chi connectivity index (χ0n) is 16.0. The molecule has 1 fully saturated rings. The van der Waals surface area contributed by atoms with Crippen molar-refractivity contribution in [3.05, 3.63) is 58.3 Å². The van der Waals surface area contributed by atoms with Crippen LogP contribution >= 0.6 is 15.9 Å². The fraction of sp³-hybridized carbons (Fsp3) is 0.350. The highest BCUT2D eigenvalue weighted by atomic mass is 79.9. The highest BCUT2D eigenvalue weighted by molar-refractivity contribution is 9.10. The summed E-state index contributed by atoms with van der Waals surface area (Å²) >= 11 is 3.34. The number of benzene rings is 2. The molecular weight excluding hydrogens is 463 g/mol. The summed E-state index contributed by atoms with van der Waals surface area (Å²) in [4.78, 5) is 14.4. The number of ether oxygens (including phenoxy) is 1. The number of rotatable bonds is 7. The molecule has 1 aliphatic rings. The first-order valence-electron chi connectivity index (χ1n) is 9.22. The van der Waals surface area contributed by atoms with Crippen molar-refractivity contribution in [2.45, 2.75) is 17.7 Å². The number of nitrogens with zero attached hydrogens (tertiary/aromatic N) is 2. The number of hydrogen-bond acceptors (Lipinski definition) is 4. The molecule has 0 aliphatic carbocycles. The largest absolute Gasteiger partial charge is 0.492 e. The smallest absolute Gasteiger partial charge is 0.254 e. The highest BCUT2D eigenvalue weighted by Gasteiger charge is 2.28. The van der Waals surface area contributed by atoms with Gasteiger partial charge in [0.1, 0.15) is 18.2 Å². The number of halogens is 2. The van der Waals surface area contributed by atoms with E-state index >= 15 is 0 Å². The lowest BCUT2D eigenvalue weighted by molar-refractivity contribution is 0.0772. The summed E-state index contributed by atoms with van der Waals surface area (Å²) in [6.45, 7) is 1.51. The van der Waals surface area contributed by atoms with Crippen molar-refractivity contribution >= 4 is 31.9 Å². The van der Waals surface area contributed by atoms with Gasteiger partial charge in [-0.15, -0.1) is 0 Å². The number of carbonyl (C=O) groups excluding carboxylic acids is 1. The molecule has 3 rings (SSSR count). The molecule has 0 unspecified atom stereocenters. The Morgan fingerprint density at radius 3 is 2.48 bits per heavy atom. The number of hydrogen-bond donors (Lipinski definition) is 0. The van der Waals surface area contributed by atoms with E-state index in [-0.39, 0.29) is 35.3 Å². The van der Waals surface area contributed by atoms with Crippen molar-refractivity contribution < 1.29 is 22.3 Å². The van der Waals surface area contributed by atoms with Gasteiger partial charge in [0.15, 0.2) is 0 Å². The van der Waals surface area contributed by atoms with E-state index in [2.05, 4.69) is 15.9 Å². The van der Waals surface area contributed by atoms with Gasteiger partial charge in [-0.3, -0.25) is 4.79 Å². The second-order valence-corrected chi connectivity index (χ2v) is 9.57. The van der Waals surface area contributed by atoms with Gasteiger partial charge in [0.2, 0.25) is 10.0 Å². The van der Waals surface area contributed by atoms with E-state index in [1.165, 1.54) is 45.6 Å². The van der Waals surface area contributed by atoms with Crippen LogP contribution in [0.1, 0.15) is 23.2 Å². The lowest BCUT2D eigenvalue weighted by Gasteiger charge is -2.20. The van der Waals surface area contributed by atoms with Gasteiger partial charge in [-0.2, -0.15) is 4.31 Å². The minimum atomic E-state index is -3.61. The Kier molecular flexibility index (Phi) is 6.92. The highest BCUT2D eigenvalue weighted by Crippen LogP contribution is 2.26. The number of likely N-dealkylation sites (N-methyl/N-ethyl adjacent to an activating group) is 1. The van der Waals surface area contributed by atoms with Crippen molar-refractivity contribution in [3.8, 4) is 5.75 Å². The monoisotopic (exact) mass is 484 g/mol. The third-order valence-corrected chi connectivity index (χ3v) is 7.31. The van der Waals surface area contributed by atoms with Crippen LogP contribution < -0.4 is 4.74 Å². The van der Waals surface area contributed by atoms with Crippen molar-refractivity contribution in [1.82, 2.24) is 9.21 Å². The summed E-state index contributed by atoms with van der Waals surface area (Å²) in [6.07, 6.45) is 1.69. The molecule has 0 saturated carbocycles. The Morgan fingerprint density at radius 1 is 1.17 bits per heavy atom. The van der Waals surface area contributed by atoms with Crippen LogP contribution in [0.25, 0.3) is 0 Å². The molecule has 1 aliphatic heterocycles. The van der Waals surface area contributed by atoms with Crippen LogP contribution in [0.5, 0.6) is 5.75 Å². The molecule has 0 bridgehead atoms. The van der Waals surface area contributed by atoms with Crippen LogP contribution in [0.4, 0.5) is 4.39 Å². The Labute approximate surface area is 178 Å². The average molecular weight is 485 g/mol. The molecule has 0 atom stereocenters. The second-order valence-electron chi connectivity index (χ2n) is 6.78. The van der Waals surface area contributed by atoms with Gasteiger partial charge in [0.25, 0.3) is 5.91 Å². The maximum absolute atomic E-state index is 12.9. The molecule has 6 nitrogen and oxygen atoms in total. The van der Waals surface area contributed by atoms with Crippen LogP contribution in [0.2, 0.25) is 0 Å². The number of amides is 1. The van der Waals surface area contributed by atoms with Gasteiger partial charge in [0.05, 0.1) is 17.0 Å². The van der Waals surface area contributed by atoms with E-state index in [1.54, 1.807) is 13.1 Å². The fourth-order valence-corrected chi connectivity index (χ4v) is 5.00. The molecule has 156 valence electrons. The predicted octanol–water partition coefficient (Wildman–Crippen LogP) is 3.52. The lowest BCUT2D eigenvalue weighted by atomic mass is 10.2. The van der Waals surface area contributed by atoms with E-state index in [0.717, 1.165) is 12.8 Å². The van der Waals surface area contributed by atoms with Gasteiger partial charge < -0.3 is 9.64 Å². The molecule has 0 spiro atoms. The quantitative estimate of drug-likeness (QED) is 0.602. The topological polar surface area (TPSA) is 66.9 Å². The molecule has 9 heteroatoms. The van der Waals surface area contributed by atoms with E-state index in [9.17, 15) is 17.6 Å². The summed E-state index contributed by atoms with van der Waals surface area (Å²) < 4.78 is 46.0. The Balaban J connectivity index is 1.68.